The van der Waals surface area contributed by atoms with Crippen molar-refractivity contribution in [2.24, 2.45) is 0 Å². The highest BCUT2D eigenvalue weighted by atomic mass is 19.1. The lowest BCUT2D eigenvalue weighted by Crippen LogP contribution is -2.27. The summed E-state index contributed by atoms with van der Waals surface area (Å²) in [5.74, 6) is -0.881. The molecular formula is C12H17FN2O3. The molecule has 5 nitrogen and oxygen atoms in total. The highest BCUT2D eigenvalue weighted by molar-refractivity contribution is 5.81. The van der Waals surface area contributed by atoms with Crippen LogP contribution in [0.25, 0.3) is 0 Å². The fraction of sp³-hybridized carbons (Fsp3) is 0.417. The monoisotopic (exact) mass is 256 g/mol. The van der Waals surface area contributed by atoms with E-state index in [1.165, 1.54) is 13.2 Å². The van der Waals surface area contributed by atoms with E-state index < -0.39 is 17.8 Å². The number of esters is 1. The molecule has 1 aromatic rings. The van der Waals surface area contributed by atoms with Crippen molar-refractivity contribution in [3.63, 3.8) is 0 Å². The fourth-order valence-electron chi connectivity index (χ4n) is 1.43. The zero-order valence-corrected chi connectivity index (χ0v) is 10.6. The lowest BCUT2D eigenvalue weighted by molar-refractivity contribution is -0.141. The van der Waals surface area contributed by atoms with Crippen molar-refractivity contribution < 1.29 is 18.7 Å². The molecule has 0 heterocycles. The molecule has 0 aliphatic rings. The van der Waals surface area contributed by atoms with Crippen LogP contribution >= 0.6 is 0 Å². The Labute approximate surface area is 105 Å². The number of nitrogen functional groups attached to an aromatic ring is 1. The second-order valence-electron chi connectivity index (χ2n) is 3.69. The third-order valence-corrected chi connectivity index (χ3v) is 2.33. The SMILES string of the molecule is CCOc1cc(NC(C)C(=O)OC)c(N)cc1F. The molecule has 0 radical (unpaired) electrons. The van der Waals surface area contributed by atoms with E-state index in [0.29, 0.717) is 12.3 Å². The van der Waals surface area contributed by atoms with E-state index in [-0.39, 0.29) is 11.4 Å². The van der Waals surface area contributed by atoms with Gasteiger partial charge in [-0.1, -0.05) is 0 Å². The van der Waals surface area contributed by atoms with Crippen LogP contribution in [0.3, 0.4) is 0 Å². The molecule has 1 unspecified atom stereocenters. The van der Waals surface area contributed by atoms with E-state index in [4.69, 9.17) is 10.5 Å². The first-order chi connectivity index (χ1) is 8.49. The Balaban J connectivity index is 2.94. The molecule has 0 saturated heterocycles. The van der Waals surface area contributed by atoms with Crippen LogP contribution in [0, 0.1) is 5.82 Å². The molecule has 3 N–H and O–H groups in total. The molecule has 0 aliphatic carbocycles. The van der Waals surface area contributed by atoms with E-state index in [2.05, 4.69) is 10.1 Å². The van der Waals surface area contributed by atoms with Crippen molar-refractivity contribution in [2.75, 3.05) is 24.8 Å². The van der Waals surface area contributed by atoms with E-state index >= 15 is 0 Å². The molecule has 100 valence electrons. The van der Waals surface area contributed by atoms with Gasteiger partial charge in [-0.3, -0.25) is 0 Å². The molecule has 0 amide bonds. The van der Waals surface area contributed by atoms with Crippen LogP contribution in [0.2, 0.25) is 0 Å². The number of carbonyl (C=O) groups excluding carboxylic acids is 1. The standard InChI is InChI=1S/C12H17FN2O3/c1-4-18-11-6-10(9(14)5-8(11)13)15-7(2)12(16)17-3/h5-7,15H,4,14H2,1-3H3. The number of hydrogen-bond acceptors (Lipinski definition) is 5. The number of benzene rings is 1. The molecular weight excluding hydrogens is 239 g/mol. The molecule has 0 aromatic heterocycles. The number of hydrogen-bond donors (Lipinski definition) is 2. The smallest absolute Gasteiger partial charge is 0.327 e. The minimum absolute atomic E-state index is 0.0891. The van der Waals surface area contributed by atoms with Gasteiger partial charge in [-0.15, -0.1) is 0 Å². The first-order valence-electron chi connectivity index (χ1n) is 5.55. The number of halogens is 1. The number of anilines is 2. The second kappa shape index (κ2) is 6.09. The molecule has 1 atom stereocenters. The molecule has 0 aliphatic heterocycles. The van der Waals surface area contributed by atoms with Crippen LogP contribution in [0.4, 0.5) is 15.8 Å². The number of nitrogens with two attached hydrogens (primary N) is 1. The van der Waals surface area contributed by atoms with Gasteiger partial charge < -0.3 is 20.5 Å². The fourth-order valence-corrected chi connectivity index (χ4v) is 1.43. The predicted molar refractivity (Wildman–Crippen MR) is 67.1 cm³/mol. The average Bonchev–Trinajstić information content (AvgIpc) is 2.34. The summed E-state index contributed by atoms with van der Waals surface area (Å²) in [6, 6.07) is 1.99. The van der Waals surface area contributed by atoms with Crippen molar-refractivity contribution in [2.45, 2.75) is 19.9 Å². The maximum atomic E-state index is 13.5. The summed E-state index contributed by atoms with van der Waals surface area (Å²) in [4.78, 5) is 11.3. The van der Waals surface area contributed by atoms with E-state index in [1.807, 2.05) is 0 Å². The van der Waals surface area contributed by atoms with Gasteiger partial charge in [-0.05, 0) is 13.8 Å². The summed E-state index contributed by atoms with van der Waals surface area (Å²) in [6.45, 7) is 3.71. The molecule has 18 heavy (non-hydrogen) atoms. The number of rotatable bonds is 5. The highest BCUT2D eigenvalue weighted by Crippen LogP contribution is 2.28. The van der Waals surface area contributed by atoms with Crippen LogP contribution in [-0.4, -0.2) is 25.7 Å². The summed E-state index contributed by atoms with van der Waals surface area (Å²) in [5, 5.41) is 2.84. The number of ether oxygens (including phenoxy) is 2. The predicted octanol–water partition coefficient (Wildman–Crippen LogP) is 1.78. The second-order valence-corrected chi connectivity index (χ2v) is 3.69. The van der Waals surface area contributed by atoms with Gasteiger partial charge in [0.1, 0.15) is 6.04 Å². The number of nitrogens with one attached hydrogen (secondary N) is 1. The first kappa shape index (κ1) is 14.1. The van der Waals surface area contributed by atoms with E-state index in [1.54, 1.807) is 13.8 Å². The molecule has 6 heteroatoms. The Morgan fingerprint density at radius 3 is 2.78 bits per heavy atom. The molecule has 1 rings (SSSR count). The summed E-state index contributed by atoms with van der Waals surface area (Å²) >= 11 is 0. The summed E-state index contributed by atoms with van der Waals surface area (Å²) in [6.07, 6.45) is 0. The van der Waals surface area contributed by atoms with Crippen molar-refractivity contribution >= 4 is 17.3 Å². The Bertz CT molecular complexity index is 438. The van der Waals surface area contributed by atoms with Gasteiger partial charge in [0.25, 0.3) is 0 Å². The Kier molecular flexibility index (Phi) is 4.76. The van der Waals surface area contributed by atoms with Gasteiger partial charge in [0.2, 0.25) is 0 Å². The van der Waals surface area contributed by atoms with Crippen molar-refractivity contribution in [3.05, 3.63) is 17.9 Å². The van der Waals surface area contributed by atoms with Crippen LogP contribution in [-0.2, 0) is 9.53 Å². The maximum absolute atomic E-state index is 13.5. The normalized spacial score (nSPS) is 11.8. The summed E-state index contributed by atoms with van der Waals surface area (Å²) in [5.41, 5.74) is 6.30. The van der Waals surface area contributed by atoms with Crippen LogP contribution in [0.1, 0.15) is 13.8 Å². The molecule has 1 aromatic carbocycles. The van der Waals surface area contributed by atoms with E-state index in [0.717, 1.165) is 6.07 Å². The quantitative estimate of drug-likeness (QED) is 0.620. The van der Waals surface area contributed by atoms with Gasteiger partial charge in [0, 0.05) is 12.1 Å². The third-order valence-electron chi connectivity index (χ3n) is 2.33. The van der Waals surface area contributed by atoms with Crippen LogP contribution in [0.15, 0.2) is 12.1 Å². The summed E-state index contributed by atoms with van der Waals surface area (Å²) in [7, 11) is 1.29. The molecule has 0 fully saturated rings. The van der Waals surface area contributed by atoms with Crippen molar-refractivity contribution in [1.82, 2.24) is 0 Å². The lowest BCUT2D eigenvalue weighted by Gasteiger charge is -2.16. The van der Waals surface area contributed by atoms with Gasteiger partial charge in [-0.2, -0.15) is 0 Å². The topological polar surface area (TPSA) is 73.6 Å². The third kappa shape index (κ3) is 3.26. The molecule has 0 spiro atoms. The van der Waals surface area contributed by atoms with Gasteiger partial charge in [0.15, 0.2) is 11.6 Å². The Hall–Kier alpha value is -1.98. The van der Waals surface area contributed by atoms with E-state index in [9.17, 15) is 9.18 Å². The maximum Gasteiger partial charge on any atom is 0.327 e. The largest absolute Gasteiger partial charge is 0.491 e. The summed E-state index contributed by atoms with van der Waals surface area (Å²) < 4.78 is 23.1. The number of carbonyl (C=O) groups is 1. The first-order valence-corrected chi connectivity index (χ1v) is 5.55. The molecule has 0 saturated carbocycles. The van der Waals surface area contributed by atoms with Crippen LogP contribution in [0.5, 0.6) is 5.75 Å². The lowest BCUT2D eigenvalue weighted by atomic mass is 10.2. The Morgan fingerprint density at radius 2 is 2.22 bits per heavy atom. The van der Waals surface area contributed by atoms with Gasteiger partial charge in [-0.25, -0.2) is 9.18 Å². The zero-order valence-electron chi connectivity index (χ0n) is 10.6. The van der Waals surface area contributed by atoms with Crippen molar-refractivity contribution in [1.29, 1.82) is 0 Å². The van der Waals surface area contributed by atoms with Crippen LogP contribution < -0.4 is 15.8 Å². The Morgan fingerprint density at radius 1 is 1.56 bits per heavy atom. The number of methoxy groups -OCH3 is 1. The minimum Gasteiger partial charge on any atom is -0.491 e. The molecule has 0 bridgehead atoms. The van der Waals surface area contributed by atoms with Gasteiger partial charge >= 0.3 is 5.97 Å². The zero-order chi connectivity index (χ0) is 13.7. The average molecular weight is 256 g/mol. The highest BCUT2D eigenvalue weighted by Gasteiger charge is 2.16. The van der Waals surface area contributed by atoms with Crippen molar-refractivity contribution in [3.8, 4) is 5.75 Å². The van der Waals surface area contributed by atoms with Gasteiger partial charge in [0.05, 0.1) is 25.1 Å². The minimum atomic E-state index is -0.586.